The van der Waals surface area contributed by atoms with Gasteiger partial charge in [-0.25, -0.2) is 0 Å². The maximum Gasteiger partial charge on any atom is 0.231 e. The second-order valence-electron chi connectivity index (χ2n) is 7.68. The molecule has 0 radical (unpaired) electrons. The van der Waals surface area contributed by atoms with Crippen LogP contribution in [-0.4, -0.2) is 122 Å². The van der Waals surface area contributed by atoms with Crippen LogP contribution in [0.4, 0.5) is 0 Å². The average Bonchev–Trinajstić information content (AvgIpc) is 2.60. The van der Waals surface area contributed by atoms with Gasteiger partial charge in [-0.15, -0.1) is 0 Å². The van der Waals surface area contributed by atoms with Gasteiger partial charge in [0.1, 0.15) is 0 Å². The fourth-order valence-electron chi connectivity index (χ4n) is 3.56. The van der Waals surface area contributed by atoms with Gasteiger partial charge in [-0.2, -0.15) is 0 Å². The van der Waals surface area contributed by atoms with E-state index in [1.165, 1.54) is 0 Å². The Morgan fingerprint density at radius 1 is 0.433 bits per heavy atom. The van der Waals surface area contributed by atoms with Crippen LogP contribution in [0.1, 0.15) is 12.8 Å². The summed E-state index contributed by atoms with van der Waals surface area (Å²) >= 11 is 0. The molecule has 1 saturated heterocycles. The molecule has 172 valence electrons. The molecule has 4 amide bonds. The Labute approximate surface area is 177 Å². The lowest BCUT2D eigenvalue weighted by atomic mass is 10.2. The van der Waals surface area contributed by atoms with Crippen LogP contribution in [0.25, 0.3) is 0 Å². The summed E-state index contributed by atoms with van der Waals surface area (Å²) in [5.41, 5.74) is 21.5. The summed E-state index contributed by atoms with van der Waals surface area (Å²) in [5.74, 6) is -1.69. The molecule has 12 heteroatoms. The lowest BCUT2D eigenvalue weighted by Crippen LogP contribution is -2.46. The van der Waals surface area contributed by atoms with E-state index in [1.54, 1.807) is 0 Å². The van der Waals surface area contributed by atoms with Crippen molar-refractivity contribution in [2.75, 3.05) is 78.5 Å². The number of hydrogen-bond acceptors (Lipinski definition) is 8. The molecule has 0 bridgehead atoms. The number of nitrogens with zero attached hydrogens (tertiary/aromatic N) is 4. The van der Waals surface area contributed by atoms with Crippen LogP contribution in [-0.2, 0) is 19.2 Å². The zero-order valence-corrected chi connectivity index (χ0v) is 17.6. The predicted molar refractivity (Wildman–Crippen MR) is 112 cm³/mol. The maximum absolute atomic E-state index is 11.4. The van der Waals surface area contributed by atoms with Crippen LogP contribution in [0.2, 0.25) is 0 Å². The number of hydrogen-bond donors (Lipinski definition) is 4. The van der Waals surface area contributed by atoms with Gasteiger partial charge in [-0.3, -0.25) is 38.8 Å². The summed E-state index contributed by atoms with van der Waals surface area (Å²) in [7, 11) is 0. The van der Waals surface area contributed by atoms with E-state index in [-0.39, 0.29) is 26.2 Å². The van der Waals surface area contributed by atoms with Crippen LogP contribution in [0, 0.1) is 0 Å². The van der Waals surface area contributed by atoms with Crippen molar-refractivity contribution in [3.05, 3.63) is 0 Å². The average molecular weight is 429 g/mol. The highest BCUT2D eigenvalue weighted by molar-refractivity contribution is 5.77. The smallest absolute Gasteiger partial charge is 0.231 e. The number of amides is 4. The SMILES string of the molecule is NC(=O)CN1CCCN(CC(N)=O)CCN(CC(N)=O)CCCN(CC(N)=O)CC1. The van der Waals surface area contributed by atoms with E-state index in [0.29, 0.717) is 65.2 Å². The standard InChI is InChI=1S/C18H36N8O4/c19-15(27)11-23-3-1-4-24(12-16(20)28)8-10-26(14-18(22)30)6-2-5-25(9-7-23)13-17(21)29/h1-14H2,(H2,19,27)(H2,20,28)(H2,21,29)(H2,22,30). The molecule has 8 N–H and O–H groups in total. The first-order chi connectivity index (χ1) is 14.2. The molecule has 0 aromatic carbocycles. The monoisotopic (exact) mass is 428 g/mol. The molecule has 30 heavy (non-hydrogen) atoms. The summed E-state index contributed by atoms with van der Waals surface area (Å²) in [6.45, 7) is 5.10. The highest BCUT2D eigenvalue weighted by Crippen LogP contribution is 2.02. The molecule has 1 aliphatic rings. The highest BCUT2D eigenvalue weighted by Gasteiger charge is 2.17. The van der Waals surface area contributed by atoms with Crippen molar-refractivity contribution in [2.45, 2.75) is 12.8 Å². The van der Waals surface area contributed by atoms with Crippen LogP contribution in [0.5, 0.6) is 0 Å². The van der Waals surface area contributed by atoms with E-state index in [1.807, 2.05) is 19.6 Å². The zero-order chi connectivity index (χ0) is 22.5. The third-order valence-electron chi connectivity index (χ3n) is 4.88. The Bertz CT molecular complexity index is 491. The van der Waals surface area contributed by atoms with Crippen LogP contribution in [0.3, 0.4) is 0 Å². The van der Waals surface area contributed by atoms with Crippen LogP contribution >= 0.6 is 0 Å². The molecule has 1 rings (SSSR count). The van der Waals surface area contributed by atoms with Gasteiger partial charge in [0.05, 0.1) is 26.2 Å². The van der Waals surface area contributed by atoms with Gasteiger partial charge < -0.3 is 22.9 Å². The quantitative estimate of drug-likeness (QED) is 0.300. The first-order valence-corrected chi connectivity index (χ1v) is 10.2. The minimum Gasteiger partial charge on any atom is -0.369 e. The summed E-state index contributed by atoms with van der Waals surface area (Å²) in [6.07, 6.45) is 1.40. The van der Waals surface area contributed by atoms with Crippen LogP contribution in [0.15, 0.2) is 0 Å². The van der Waals surface area contributed by atoms with Crippen molar-refractivity contribution < 1.29 is 19.2 Å². The van der Waals surface area contributed by atoms with E-state index in [0.717, 1.165) is 0 Å². The van der Waals surface area contributed by atoms with Gasteiger partial charge in [0, 0.05) is 26.2 Å². The lowest BCUT2D eigenvalue weighted by molar-refractivity contribution is -0.121. The normalized spacial score (nSPS) is 19.7. The molecule has 0 aromatic rings. The van der Waals surface area contributed by atoms with E-state index in [4.69, 9.17) is 22.9 Å². The Kier molecular flexibility index (Phi) is 11.9. The summed E-state index contributed by atoms with van der Waals surface area (Å²) in [5, 5.41) is 0. The molecule has 0 aromatic heterocycles. The maximum atomic E-state index is 11.4. The van der Waals surface area contributed by atoms with Gasteiger partial charge >= 0.3 is 0 Å². The first kappa shape index (κ1) is 25.8. The topological polar surface area (TPSA) is 185 Å². The van der Waals surface area contributed by atoms with Crippen molar-refractivity contribution in [2.24, 2.45) is 22.9 Å². The molecule has 0 spiro atoms. The summed E-state index contributed by atoms with van der Waals surface area (Å²) in [6, 6.07) is 0. The van der Waals surface area contributed by atoms with Crippen molar-refractivity contribution in [3.63, 3.8) is 0 Å². The van der Waals surface area contributed by atoms with Gasteiger partial charge in [0.25, 0.3) is 0 Å². The second kappa shape index (κ2) is 13.9. The molecular weight excluding hydrogens is 392 g/mol. The number of nitrogens with two attached hydrogens (primary N) is 4. The van der Waals surface area contributed by atoms with Crippen molar-refractivity contribution in [3.8, 4) is 0 Å². The molecule has 0 atom stereocenters. The number of rotatable bonds is 8. The molecular formula is C18H36N8O4. The van der Waals surface area contributed by atoms with E-state index in [9.17, 15) is 19.2 Å². The highest BCUT2D eigenvalue weighted by atomic mass is 16.2. The van der Waals surface area contributed by atoms with E-state index < -0.39 is 23.6 Å². The summed E-state index contributed by atoms with van der Waals surface area (Å²) < 4.78 is 0. The molecule has 0 saturated carbocycles. The Hall–Kier alpha value is -2.28. The Balaban J connectivity index is 2.87. The van der Waals surface area contributed by atoms with Crippen molar-refractivity contribution in [1.82, 2.24) is 19.6 Å². The largest absolute Gasteiger partial charge is 0.369 e. The first-order valence-electron chi connectivity index (χ1n) is 10.2. The van der Waals surface area contributed by atoms with Crippen LogP contribution < -0.4 is 22.9 Å². The van der Waals surface area contributed by atoms with Crippen molar-refractivity contribution in [1.29, 1.82) is 0 Å². The minimum atomic E-state index is -0.423. The number of carbonyl (C=O) groups excluding carboxylic acids is 4. The molecule has 0 aliphatic carbocycles. The van der Waals surface area contributed by atoms with Crippen molar-refractivity contribution >= 4 is 23.6 Å². The van der Waals surface area contributed by atoms with E-state index >= 15 is 0 Å². The molecule has 1 aliphatic heterocycles. The van der Waals surface area contributed by atoms with Gasteiger partial charge in [-0.1, -0.05) is 0 Å². The predicted octanol–water partition coefficient (Wildman–Crippen LogP) is -4.07. The summed E-state index contributed by atoms with van der Waals surface area (Å²) in [4.78, 5) is 53.4. The molecule has 12 nitrogen and oxygen atoms in total. The third kappa shape index (κ3) is 12.3. The molecule has 1 heterocycles. The molecule has 0 unspecified atom stereocenters. The fourth-order valence-corrected chi connectivity index (χ4v) is 3.56. The minimum absolute atomic E-state index is 0.118. The third-order valence-corrected chi connectivity index (χ3v) is 4.88. The van der Waals surface area contributed by atoms with Gasteiger partial charge in [-0.05, 0) is 39.0 Å². The van der Waals surface area contributed by atoms with Gasteiger partial charge in [0.15, 0.2) is 0 Å². The molecule has 1 fully saturated rings. The van der Waals surface area contributed by atoms with Gasteiger partial charge in [0.2, 0.25) is 23.6 Å². The lowest BCUT2D eigenvalue weighted by Gasteiger charge is -2.30. The Morgan fingerprint density at radius 2 is 0.633 bits per heavy atom. The number of carbonyl (C=O) groups is 4. The Morgan fingerprint density at radius 3 is 0.800 bits per heavy atom. The number of primary amides is 4. The zero-order valence-electron chi connectivity index (χ0n) is 17.6. The second-order valence-corrected chi connectivity index (χ2v) is 7.68. The van der Waals surface area contributed by atoms with E-state index in [2.05, 4.69) is 0 Å². The fraction of sp³-hybridized carbons (Fsp3) is 0.778.